The fourth-order valence-corrected chi connectivity index (χ4v) is 2.05. The molecule has 0 aliphatic carbocycles. The highest BCUT2D eigenvalue weighted by atomic mass is 79.9. The lowest BCUT2D eigenvalue weighted by molar-refractivity contribution is 0.516. The zero-order chi connectivity index (χ0) is 12.4. The number of fused-ring (bicyclic) bond motifs is 1. The van der Waals surface area contributed by atoms with Crippen molar-refractivity contribution in [3.8, 4) is 0 Å². The van der Waals surface area contributed by atoms with Crippen molar-refractivity contribution in [1.82, 2.24) is 9.97 Å². The molecule has 3 aromatic rings. The van der Waals surface area contributed by atoms with E-state index in [4.69, 9.17) is 4.42 Å². The minimum atomic E-state index is 0.624. The quantitative estimate of drug-likeness (QED) is 0.803. The molecule has 0 saturated carbocycles. The highest BCUT2D eigenvalue weighted by Gasteiger charge is 2.03. The molecule has 1 aromatic carbocycles. The fraction of sp³-hybridized carbons (Fsp3) is 0.0769. The number of aromatic nitrogens is 2. The second-order valence-corrected chi connectivity index (χ2v) is 4.66. The van der Waals surface area contributed by atoms with E-state index in [2.05, 4.69) is 31.2 Å². The van der Waals surface area contributed by atoms with Gasteiger partial charge in [-0.15, -0.1) is 0 Å². The Morgan fingerprint density at radius 2 is 1.94 bits per heavy atom. The van der Waals surface area contributed by atoms with Crippen molar-refractivity contribution in [1.29, 1.82) is 0 Å². The van der Waals surface area contributed by atoms with Crippen LogP contribution in [0.4, 0.5) is 5.69 Å². The third kappa shape index (κ3) is 2.22. The Hall–Kier alpha value is -1.88. The molecule has 90 valence electrons. The van der Waals surface area contributed by atoms with E-state index in [0.717, 1.165) is 27.0 Å². The van der Waals surface area contributed by atoms with Crippen molar-refractivity contribution in [2.24, 2.45) is 0 Å². The van der Waals surface area contributed by atoms with Crippen LogP contribution in [0, 0.1) is 0 Å². The third-order valence-corrected chi connectivity index (χ3v) is 3.32. The summed E-state index contributed by atoms with van der Waals surface area (Å²) in [4.78, 5) is 8.50. The molecule has 1 N–H and O–H groups in total. The van der Waals surface area contributed by atoms with Gasteiger partial charge in [-0.3, -0.25) is 9.97 Å². The predicted molar refractivity (Wildman–Crippen MR) is 73.3 cm³/mol. The van der Waals surface area contributed by atoms with E-state index >= 15 is 0 Å². The van der Waals surface area contributed by atoms with Crippen molar-refractivity contribution in [2.45, 2.75) is 6.54 Å². The highest BCUT2D eigenvalue weighted by Crippen LogP contribution is 2.20. The van der Waals surface area contributed by atoms with E-state index in [-0.39, 0.29) is 0 Å². The van der Waals surface area contributed by atoms with Gasteiger partial charge in [-0.1, -0.05) is 0 Å². The minimum Gasteiger partial charge on any atom is -0.466 e. The molecule has 18 heavy (non-hydrogen) atoms. The molecule has 3 rings (SSSR count). The standard InChI is InChI=1S/C13H10BrN3O/c14-10-3-6-18-13(10)8-17-9-1-2-11-12(7-9)16-5-4-15-11/h1-7,17H,8H2. The summed E-state index contributed by atoms with van der Waals surface area (Å²) < 4.78 is 6.30. The van der Waals surface area contributed by atoms with Crippen molar-refractivity contribution in [3.05, 3.63) is 53.2 Å². The maximum absolute atomic E-state index is 5.34. The van der Waals surface area contributed by atoms with Gasteiger partial charge in [0.25, 0.3) is 0 Å². The molecule has 0 unspecified atom stereocenters. The molecule has 0 spiro atoms. The van der Waals surface area contributed by atoms with E-state index < -0.39 is 0 Å². The van der Waals surface area contributed by atoms with Crippen LogP contribution >= 0.6 is 15.9 Å². The Morgan fingerprint density at radius 1 is 1.11 bits per heavy atom. The molecule has 0 atom stereocenters. The lowest BCUT2D eigenvalue weighted by atomic mass is 10.2. The average Bonchev–Trinajstić information content (AvgIpc) is 2.82. The average molecular weight is 304 g/mol. The molecule has 2 aromatic heterocycles. The number of hydrogen-bond donors (Lipinski definition) is 1. The van der Waals surface area contributed by atoms with Gasteiger partial charge in [0.05, 0.1) is 28.3 Å². The fourth-order valence-electron chi connectivity index (χ4n) is 1.71. The first-order valence-corrected chi connectivity index (χ1v) is 6.29. The zero-order valence-corrected chi connectivity index (χ0v) is 11.0. The van der Waals surface area contributed by atoms with Gasteiger partial charge in [-0.2, -0.15) is 0 Å². The van der Waals surface area contributed by atoms with Crippen molar-refractivity contribution in [2.75, 3.05) is 5.32 Å². The van der Waals surface area contributed by atoms with Crippen molar-refractivity contribution >= 4 is 32.7 Å². The van der Waals surface area contributed by atoms with Crippen LogP contribution in [0.5, 0.6) is 0 Å². The van der Waals surface area contributed by atoms with E-state index in [9.17, 15) is 0 Å². The molecule has 2 heterocycles. The summed E-state index contributed by atoms with van der Waals surface area (Å²) in [6.45, 7) is 0.624. The number of rotatable bonds is 3. The van der Waals surface area contributed by atoms with Crippen LogP contribution in [0.3, 0.4) is 0 Å². The normalized spacial score (nSPS) is 10.7. The van der Waals surface area contributed by atoms with Crippen molar-refractivity contribution < 1.29 is 4.42 Å². The van der Waals surface area contributed by atoms with Crippen LogP contribution in [-0.4, -0.2) is 9.97 Å². The first-order chi connectivity index (χ1) is 8.83. The molecule has 0 aliphatic heterocycles. The second-order valence-electron chi connectivity index (χ2n) is 3.81. The number of anilines is 1. The zero-order valence-electron chi connectivity index (χ0n) is 9.43. The first kappa shape index (κ1) is 11.2. The van der Waals surface area contributed by atoms with Crippen LogP contribution in [0.25, 0.3) is 11.0 Å². The van der Waals surface area contributed by atoms with Gasteiger partial charge in [-0.25, -0.2) is 0 Å². The molecule has 0 radical (unpaired) electrons. The summed E-state index contributed by atoms with van der Waals surface area (Å²) in [5.74, 6) is 0.870. The van der Waals surface area contributed by atoms with Gasteiger partial charge in [0.1, 0.15) is 5.76 Å². The minimum absolute atomic E-state index is 0.624. The second kappa shape index (κ2) is 4.78. The Balaban J connectivity index is 1.81. The summed E-state index contributed by atoms with van der Waals surface area (Å²) in [6, 6.07) is 7.78. The summed E-state index contributed by atoms with van der Waals surface area (Å²) in [6.07, 6.45) is 5.04. The Bertz CT molecular complexity index is 681. The molecule has 4 nitrogen and oxygen atoms in total. The topological polar surface area (TPSA) is 51.0 Å². The van der Waals surface area contributed by atoms with Gasteiger partial charge in [0.2, 0.25) is 0 Å². The molecular formula is C13H10BrN3O. The van der Waals surface area contributed by atoms with Crippen LogP contribution in [0.15, 0.2) is 51.8 Å². The summed E-state index contributed by atoms with van der Waals surface area (Å²) in [7, 11) is 0. The Morgan fingerprint density at radius 3 is 2.72 bits per heavy atom. The van der Waals surface area contributed by atoms with Gasteiger partial charge in [0, 0.05) is 18.1 Å². The van der Waals surface area contributed by atoms with Crippen LogP contribution in [0.1, 0.15) is 5.76 Å². The van der Waals surface area contributed by atoms with Crippen LogP contribution in [0.2, 0.25) is 0 Å². The van der Waals surface area contributed by atoms with Crippen molar-refractivity contribution in [3.63, 3.8) is 0 Å². The number of hydrogen-bond acceptors (Lipinski definition) is 4. The molecule has 0 fully saturated rings. The number of nitrogens with one attached hydrogen (secondary N) is 1. The molecule has 5 heteroatoms. The number of benzene rings is 1. The Kier molecular flexibility index (Phi) is 2.98. The lowest BCUT2D eigenvalue weighted by Crippen LogP contribution is -1.98. The Labute approximate surface area is 112 Å². The summed E-state index contributed by atoms with van der Waals surface area (Å²) in [5, 5.41) is 3.29. The number of nitrogens with zero attached hydrogens (tertiary/aromatic N) is 2. The van der Waals surface area contributed by atoms with Gasteiger partial charge in [0.15, 0.2) is 0 Å². The maximum Gasteiger partial charge on any atom is 0.136 e. The number of halogens is 1. The van der Waals surface area contributed by atoms with Crippen LogP contribution < -0.4 is 5.32 Å². The number of furan rings is 1. The summed E-state index contributed by atoms with van der Waals surface area (Å²) in [5.41, 5.74) is 2.76. The predicted octanol–water partition coefficient (Wildman–Crippen LogP) is 3.60. The van der Waals surface area contributed by atoms with Gasteiger partial charge in [-0.05, 0) is 40.2 Å². The third-order valence-electron chi connectivity index (χ3n) is 2.61. The molecular weight excluding hydrogens is 294 g/mol. The van der Waals surface area contributed by atoms with Crippen LogP contribution in [-0.2, 0) is 6.54 Å². The monoisotopic (exact) mass is 303 g/mol. The first-order valence-electron chi connectivity index (χ1n) is 5.49. The molecule has 0 bridgehead atoms. The largest absolute Gasteiger partial charge is 0.466 e. The van der Waals surface area contributed by atoms with E-state index in [1.165, 1.54) is 0 Å². The van der Waals surface area contributed by atoms with Gasteiger partial charge >= 0.3 is 0 Å². The maximum atomic E-state index is 5.34. The highest BCUT2D eigenvalue weighted by molar-refractivity contribution is 9.10. The molecule has 0 saturated heterocycles. The molecule has 0 aliphatic rings. The van der Waals surface area contributed by atoms with Gasteiger partial charge < -0.3 is 9.73 Å². The van der Waals surface area contributed by atoms with E-state index in [0.29, 0.717) is 6.54 Å². The van der Waals surface area contributed by atoms with E-state index in [1.54, 1.807) is 18.7 Å². The van der Waals surface area contributed by atoms with E-state index in [1.807, 2.05) is 24.3 Å². The SMILES string of the molecule is Brc1ccoc1CNc1ccc2nccnc2c1. The molecule has 0 amide bonds. The summed E-state index contributed by atoms with van der Waals surface area (Å²) >= 11 is 3.42. The smallest absolute Gasteiger partial charge is 0.136 e. The lowest BCUT2D eigenvalue weighted by Gasteiger charge is -2.05.